The van der Waals surface area contributed by atoms with E-state index in [4.69, 9.17) is 14.2 Å². The summed E-state index contributed by atoms with van der Waals surface area (Å²) in [6, 6.07) is 4.05. The summed E-state index contributed by atoms with van der Waals surface area (Å²) >= 11 is 3.55. The molecule has 0 spiro atoms. The maximum atomic E-state index is 5.68. The van der Waals surface area contributed by atoms with E-state index in [-0.39, 0.29) is 12.3 Å². The molecule has 1 aromatic carbocycles. The van der Waals surface area contributed by atoms with E-state index in [1.165, 1.54) is 0 Å². The lowest BCUT2D eigenvalue weighted by Gasteiger charge is -2.21. The first-order valence-electron chi connectivity index (χ1n) is 7.28. The zero-order valence-electron chi connectivity index (χ0n) is 13.6. The summed E-state index contributed by atoms with van der Waals surface area (Å²) < 4.78 is 17.4. The zero-order valence-corrected chi connectivity index (χ0v) is 15.2. The van der Waals surface area contributed by atoms with Crippen LogP contribution in [0.2, 0.25) is 0 Å². The fourth-order valence-corrected chi connectivity index (χ4v) is 2.28. The van der Waals surface area contributed by atoms with E-state index < -0.39 is 0 Å². The number of halogens is 1. The van der Waals surface area contributed by atoms with Crippen LogP contribution in [-0.2, 0) is 11.3 Å². The maximum absolute atomic E-state index is 5.68. The monoisotopic (exact) mass is 359 g/mol. The molecule has 0 unspecified atom stereocenters. The molecule has 0 aromatic heterocycles. The molecule has 1 N–H and O–H groups in total. The Morgan fingerprint density at radius 3 is 2.38 bits per heavy atom. The van der Waals surface area contributed by atoms with Gasteiger partial charge in [0.2, 0.25) is 0 Å². The molecule has 5 heteroatoms. The van der Waals surface area contributed by atoms with E-state index in [2.05, 4.69) is 42.0 Å². The van der Waals surface area contributed by atoms with Crippen LogP contribution in [0.15, 0.2) is 16.6 Å². The number of nitrogens with one attached hydrogen (secondary N) is 1. The van der Waals surface area contributed by atoms with E-state index in [9.17, 15) is 0 Å². The summed E-state index contributed by atoms with van der Waals surface area (Å²) in [5.74, 6) is 1.42. The molecular weight excluding hydrogens is 334 g/mol. The highest BCUT2D eigenvalue weighted by Crippen LogP contribution is 2.37. The second kappa shape index (κ2) is 8.61. The Kier molecular flexibility index (Phi) is 7.49. The van der Waals surface area contributed by atoms with Crippen molar-refractivity contribution < 1.29 is 14.2 Å². The molecule has 0 saturated heterocycles. The van der Waals surface area contributed by atoms with Crippen LogP contribution < -0.4 is 14.8 Å². The van der Waals surface area contributed by atoms with Crippen LogP contribution in [0.1, 0.15) is 40.2 Å². The normalized spacial score (nSPS) is 11.5. The molecule has 0 saturated carbocycles. The number of ether oxygens (including phenoxy) is 3. The van der Waals surface area contributed by atoms with Crippen LogP contribution >= 0.6 is 15.9 Å². The van der Waals surface area contributed by atoms with Gasteiger partial charge in [-0.05, 0) is 68.2 Å². The molecule has 0 heterocycles. The Hall–Kier alpha value is -0.780. The van der Waals surface area contributed by atoms with Gasteiger partial charge in [0.05, 0.1) is 11.1 Å². The molecule has 0 amide bonds. The molecular formula is C16H26BrNO3. The van der Waals surface area contributed by atoms with Crippen LogP contribution in [0.3, 0.4) is 0 Å². The predicted octanol–water partition coefficient (Wildman–Crippen LogP) is 4.11. The Labute approximate surface area is 136 Å². The number of hydrogen-bond acceptors (Lipinski definition) is 4. The summed E-state index contributed by atoms with van der Waals surface area (Å²) in [4.78, 5) is 0. The van der Waals surface area contributed by atoms with Crippen molar-refractivity contribution in [1.82, 2.24) is 5.32 Å². The van der Waals surface area contributed by atoms with E-state index in [1.54, 1.807) is 0 Å². The molecule has 0 fully saturated rings. The molecule has 120 valence electrons. The van der Waals surface area contributed by atoms with Gasteiger partial charge < -0.3 is 19.5 Å². The molecule has 4 nitrogen and oxygen atoms in total. The summed E-state index contributed by atoms with van der Waals surface area (Å²) in [7, 11) is 0. The third kappa shape index (κ3) is 6.68. The van der Waals surface area contributed by atoms with Crippen LogP contribution in [-0.4, -0.2) is 25.5 Å². The zero-order chi connectivity index (χ0) is 15.9. The molecule has 0 aliphatic rings. The van der Waals surface area contributed by atoms with Crippen LogP contribution in [0.4, 0.5) is 0 Å². The van der Waals surface area contributed by atoms with Crippen LogP contribution in [0, 0.1) is 0 Å². The van der Waals surface area contributed by atoms with Gasteiger partial charge in [-0.2, -0.15) is 0 Å². The molecule has 21 heavy (non-hydrogen) atoms. The molecule has 0 atom stereocenters. The highest BCUT2D eigenvalue weighted by atomic mass is 79.9. The highest BCUT2D eigenvalue weighted by Gasteiger charge is 2.14. The van der Waals surface area contributed by atoms with Gasteiger partial charge in [-0.3, -0.25) is 0 Å². The summed E-state index contributed by atoms with van der Waals surface area (Å²) in [5.41, 5.74) is 1.21. The molecule has 1 rings (SSSR count). The lowest BCUT2D eigenvalue weighted by molar-refractivity contribution is 0.0201. The van der Waals surface area contributed by atoms with Gasteiger partial charge in [0.15, 0.2) is 18.3 Å². The van der Waals surface area contributed by atoms with E-state index in [1.807, 2.05) is 26.0 Å². The van der Waals surface area contributed by atoms with Gasteiger partial charge in [0.25, 0.3) is 0 Å². The fourth-order valence-electron chi connectivity index (χ4n) is 1.68. The molecule has 0 radical (unpaired) electrons. The lowest BCUT2D eigenvalue weighted by atomic mass is 10.1. The Morgan fingerprint density at radius 1 is 1.10 bits per heavy atom. The van der Waals surface area contributed by atoms with Crippen molar-refractivity contribution in [3.8, 4) is 11.5 Å². The van der Waals surface area contributed by atoms with E-state index in [0.717, 1.165) is 22.3 Å². The molecule has 0 aliphatic heterocycles. The third-order valence-corrected chi connectivity index (χ3v) is 3.27. The number of benzene rings is 1. The van der Waals surface area contributed by atoms with Gasteiger partial charge in [0, 0.05) is 18.7 Å². The van der Waals surface area contributed by atoms with E-state index in [0.29, 0.717) is 19.0 Å². The first-order valence-corrected chi connectivity index (χ1v) is 8.07. The minimum absolute atomic E-state index is 0.0718. The average molecular weight is 360 g/mol. The molecule has 0 bridgehead atoms. The Bertz CT molecular complexity index is 444. The van der Waals surface area contributed by atoms with Crippen molar-refractivity contribution in [2.45, 2.75) is 46.7 Å². The van der Waals surface area contributed by atoms with Crippen molar-refractivity contribution in [2.24, 2.45) is 0 Å². The maximum Gasteiger partial charge on any atom is 0.189 e. The van der Waals surface area contributed by atoms with E-state index >= 15 is 0 Å². The van der Waals surface area contributed by atoms with Gasteiger partial charge in [0.1, 0.15) is 0 Å². The van der Waals surface area contributed by atoms with Crippen molar-refractivity contribution in [3.05, 3.63) is 22.2 Å². The summed E-state index contributed by atoms with van der Waals surface area (Å²) in [6.45, 7) is 12.5. The van der Waals surface area contributed by atoms with Gasteiger partial charge >= 0.3 is 0 Å². The van der Waals surface area contributed by atoms with Crippen molar-refractivity contribution in [2.75, 3.05) is 20.0 Å². The van der Waals surface area contributed by atoms with Gasteiger partial charge in [-0.25, -0.2) is 0 Å². The first-order chi connectivity index (χ1) is 9.87. The number of rotatable bonds is 8. The third-order valence-electron chi connectivity index (χ3n) is 2.68. The van der Waals surface area contributed by atoms with Crippen LogP contribution in [0.5, 0.6) is 11.5 Å². The summed E-state index contributed by atoms with van der Waals surface area (Å²) in [6.07, 6.45) is 0. The van der Waals surface area contributed by atoms with Gasteiger partial charge in [-0.15, -0.1) is 0 Å². The Morgan fingerprint density at radius 2 is 1.81 bits per heavy atom. The van der Waals surface area contributed by atoms with Gasteiger partial charge in [-0.1, -0.05) is 0 Å². The average Bonchev–Trinajstić information content (AvgIpc) is 2.39. The number of hydrogen-bond donors (Lipinski definition) is 1. The first kappa shape index (κ1) is 18.3. The summed E-state index contributed by atoms with van der Waals surface area (Å²) in [5, 5.41) is 3.46. The fraction of sp³-hybridized carbons (Fsp3) is 0.625. The predicted molar refractivity (Wildman–Crippen MR) is 89.0 cm³/mol. The minimum Gasteiger partial charge on any atom is -0.490 e. The quantitative estimate of drug-likeness (QED) is 0.560. The second-order valence-electron chi connectivity index (χ2n) is 5.70. The van der Waals surface area contributed by atoms with Crippen molar-refractivity contribution in [1.29, 1.82) is 0 Å². The highest BCUT2D eigenvalue weighted by molar-refractivity contribution is 9.10. The minimum atomic E-state index is 0.0718. The molecule has 1 aromatic rings. The standard InChI is InChI=1S/C16H26BrNO3/c1-6-19-11-21-15-13(17)8-12(9-14(15)20-7-2)10-18-16(3,4)5/h8-9,18H,6-7,10-11H2,1-5H3. The Balaban J connectivity index is 2.89. The second-order valence-corrected chi connectivity index (χ2v) is 6.55. The van der Waals surface area contributed by atoms with Crippen molar-refractivity contribution >= 4 is 15.9 Å². The molecule has 0 aliphatic carbocycles. The van der Waals surface area contributed by atoms with Crippen molar-refractivity contribution in [3.63, 3.8) is 0 Å². The lowest BCUT2D eigenvalue weighted by Crippen LogP contribution is -2.35. The largest absolute Gasteiger partial charge is 0.490 e. The smallest absolute Gasteiger partial charge is 0.189 e. The topological polar surface area (TPSA) is 39.7 Å². The van der Waals surface area contributed by atoms with Crippen LogP contribution in [0.25, 0.3) is 0 Å². The SMILES string of the molecule is CCOCOc1c(Br)cc(CNC(C)(C)C)cc1OCC.